The molecule has 24 heavy (non-hydrogen) atoms. The van der Waals surface area contributed by atoms with Gasteiger partial charge in [-0.2, -0.15) is 5.10 Å². The Morgan fingerprint density at radius 3 is 2.42 bits per heavy atom. The Kier molecular flexibility index (Phi) is 3.55. The van der Waals surface area contributed by atoms with Crippen molar-refractivity contribution in [2.24, 2.45) is 21.8 Å². The van der Waals surface area contributed by atoms with Crippen LogP contribution < -0.4 is 10.7 Å². The normalized spacial score (nSPS) is 34.8. The van der Waals surface area contributed by atoms with Crippen LogP contribution in [-0.2, 0) is 9.59 Å². The third kappa shape index (κ3) is 2.24. The van der Waals surface area contributed by atoms with Crippen molar-refractivity contribution in [3.63, 3.8) is 0 Å². The summed E-state index contributed by atoms with van der Waals surface area (Å²) >= 11 is 0. The Morgan fingerprint density at radius 1 is 1.29 bits per heavy atom. The molecular formula is C17H26N4O3. The van der Waals surface area contributed by atoms with E-state index in [0.717, 1.165) is 23.5 Å². The van der Waals surface area contributed by atoms with Gasteiger partial charge in [0, 0.05) is 11.1 Å². The van der Waals surface area contributed by atoms with Crippen LogP contribution in [0.2, 0.25) is 0 Å². The van der Waals surface area contributed by atoms with Crippen LogP contribution in [0.15, 0.2) is 5.10 Å². The first-order valence-corrected chi connectivity index (χ1v) is 8.49. The molecule has 1 aliphatic heterocycles. The second-order valence-electron chi connectivity index (χ2n) is 8.53. The monoisotopic (exact) mass is 334 g/mol. The second-order valence-corrected chi connectivity index (χ2v) is 8.53. The van der Waals surface area contributed by atoms with Crippen LogP contribution >= 0.6 is 0 Å². The van der Waals surface area contributed by atoms with E-state index in [1.54, 1.807) is 13.8 Å². The van der Waals surface area contributed by atoms with Gasteiger partial charge in [-0.05, 0) is 44.4 Å². The third-order valence-electron chi connectivity index (χ3n) is 6.57. The highest BCUT2D eigenvalue weighted by atomic mass is 16.2. The van der Waals surface area contributed by atoms with Crippen molar-refractivity contribution in [2.75, 3.05) is 6.54 Å². The quantitative estimate of drug-likeness (QED) is 0.607. The Balaban J connectivity index is 1.65. The van der Waals surface area contributed by atoms with Gasteiger partial charge in [0.15, 0.2) is 0 Å². The number of hydrogen-bond acceptors (Lipinski definition) is 4. The first-order valence-electron chi connectivity index (χ1n) is 8.49. The maximum atomic E-state index is 12.1. The van der Waals surface area contributed by atoms with Crippen LogP contribution in [-0.4, -0.2) is 40.5 Å². The molecule has 0 spiro atoms. The SMILES string of the molecule is CC1(C)NC(=O)N(CC(=O)N/N=C2\CC3CCC2(C)C3(C)C)C1=O. The number of rotatable bonds is 3. The summed E-state index contributed by atoms with van der Waals surface area (Å²) in [6.45, 7) is 9.67. The molecule has 132 valence electrons. The first kappa shape index (κ1) is 16.9. The summed E-state index contributed by atoms with van der Waals surface area (Å²) < 4.78 is 0. The fraction of sp³-hybridized carbons (Fsp3) is 0.765. The van der Waals surface area contributed by atoms with Crippen molar-refractivity contribution in [2.45, 2.75) is 59.4 Å². The van der Waals surface area contributed by atoms with Crippen LogP contribution in [0.3, 0.4) is 0 Å². The number of nitrogens with zero attached hydrogens (tertiary/aromatic N) is 2. The van der Waals surface area contributed by atoms with Crippen molar-refractivity contribution in [1.29, 1.82) is 0 Å². The van der Waals surface area contributed by atoms with Gasteiger partial charge in [-0.25, -0.2) is 10.2 Å². The molecule has 3 rings (SSSR count). The van der Waals surface area contributed by atoms with E-state index in [0.29, 0.717) is 5.92 Å². The molecule has 7 nitrogen and oxygen atoms in total. The number of hydrazone groups is 1. The maximum Gasteiger partial charge on any atom is 0.325 e. The van der Waals surface area contributed by atoms with Crippen molar-refractivity contribution < 1.29 is 14.4 Å². The molecular weight excluding hydrogens is 308 g/mol. The highest BCUT2D eigenvalue weighted by molar-refractivity contribution is 6.08. The van der Waals surface area contributed by atoms with E-state index in [1.807, 2.05) is 0 Å². The predicted molar refractivity (Wildman–Crippen MR) is 89.1 cm³/mol. The Hall–Kier alpha value is -1.92. The Bertz CT molecular complexity index is 652. The molecule has 0 aromatic carbocycles. The Labute approximate surface area is 142 Å². The fourth-order valence-electron chi connectivity index (χ4n) is 4.37. The molecule has 1 saturated heterocycles. The van der Waals surface area contributed by atoms with E-state index in [1.165, 1.54) is 6.42 Å². The molecule has 0 aromatic heterocycles. The lowest BCUT2D eigenvalue weighted by Gasteiger charge is -2.34. The van der Waals surface area contributed by atoms with E-state index < -0.39 is 23.4 Å². The van der Waals surface area contributed by atoms with Crippen molar-refractivity contribution in [3.8, 4) is 0 Å². The molecule has 3 fully saturated rings. The number of amides is 4. The van der Waals surface area contributed by atoms with E-state index in [2.05, 4.69) is 36.6 Å². The number of carbonyl (C=O) groups is 3. The summed E-state index contributed by atoms with van der Waals surface area (Å²) in [5, 5.41) is 6.91. The summed E-state index contributed by atoms with van der Waals surface area (Å²) in [5.41, 5.74) is 2.79. The van der Waals surface area contributed by atoms with Gasteiger partial charge in [0.2, 0.25) is 0 Å². The van der Waals surface area contributed by atoms with E-state index in [4.69, 9.17) is 0 Å². The molecule has 2 saturated carbocycles. The van der Waals surface area contributed by atoms with Gasteiger partial charge in [-0.15, -0.1) is 0 Å². The summed E-state index contributed by atoms with van der Waals surface area (Å²) in [6.07, 6.45) is 3.19. The minimum atomic E-state index is -0.967. The molecule has 4 amide bonds. The lowest BCUT2D eigenvalue weighted by atomic mass is 9.70. The topological polar surface area (TPSA) is 90.9 Å². The van der Waals surface area contributed by atoms with E-state index in [-0.39, 0.29) is 17.4 Å². The highest BCUT2D eigenvalue weighted by Crippen LogP contribution is 2.63. The van der Waals surface area contributed by atoms with Crippen molar-refractivity contribution in [1.82, 2.24) is 15.6 Å². The van der Waals surface area contributed by atoms with Gasteiger partial charge in [0.25, 0.3) is 11.8 Å². The number of carbonyl (C=O) groups excluding carboxylic acids is 3. The lowest BCUT2D eigenvalue weighted by molar-refractivity contribution is -0.134. The highest BCUT2D eigenvalue weighted by Gasteiger charge is 2.60. The van der Waals surface area contributed by atoms with Crippen molar-refractivity contribution >= 4 is 23.6 Å². The van der Waals surface area contributed by atoms with Crippen LogP contribution in [0.25, 0.3) is 0 Å². The van der Waals surface area contributed by atoms with Crippen molar-refractivity contribution in [3.05, 3.63) is 0 Å². The standard InChI is InChI=1S/C17H26N4O3/c1-15(2)10-6-7-17(15,5)11(8-10)19-20-12(22)9-21-13(23)16(3,4)18-14(21)24/h10H,6-9H2,1-5H3,(H,18,24)(H,20,22)/b19-11+. The number of urea groups is 1. The van der Waals surface area contributed by atoms with E-state index in [9.17, 15) is 14.4 Å². The largest absolute Gasteiger partial charge is 0.325 e. The summed E-state index contributed by atoms with van der Waals surface area (Å²) in [5.74, 6) is -0.249. The smallest absolute Gasteiger partial charge is 0.324 e. The molecule has 0 aromatic rings. The molecule has 2 aliphatic carbocycles. The third-order valence-corrected chi connectivity index (χ3v) is 6.57. The summed E-state index contributed by atoms with van der Waals surface area (Å²) in [6, 6.07) is -0.541. The predicted octanol–water partition coefficient (Wildman–Crippen LogP) is 1.64. The van der Waals surface area contributed by atoms with Gasteiger partial charge < -0.3 is 5.32 Å². The minimum absolute atomic E-state index is 0.00771. The number of hydrogen-bond donors (Lipinski definition) is 2. The number of imide groups is 1. The molecule has 0 radical (unpaired) electrons. The number of nitrogens with one attached hydrogen (secondary N) is 2. The second kappa shape index (κ2) is 5.04. The fourth-order valence-corrected chi connectivity index (χ4v) is 4.37. The van der Waals surface area contributed by atoms with Gasteiger partial charge in [0.05, 0.1) is 0 Å². The van der Waals surface area contributed by atoms with Gasteiger partial charge in [0.1, 0.15) is 12.1 Å². The van der Waals surface area contributed by atoms with Gasteiger partial charge in [-0.1, -0.05) is 20.8 Å². The zero-order chi connectivity index (χ0) is 17.9. The number of fused-ring (bicyclic) bond motifs is 2. The lowest BCUT2D eigenvalue weighted by Crippen LogP contribution is -2.42. The average Bonchev–Trinajstić information content (AvgIpc) is 2.90. The van der Waals surface area contributed by atoms with Crippen LogP contribution in [0.5, 0.6) is 0 Å². The summed E-state index contributed by atoms with van der Waals surface area (Å²) in [7, 11) is 0. The maximum absolute atomic E-state index is 12.1. The zero-order valence-electron chi connectivity index (χ0n) is 15.0. The molecule has 1 heterocycles. The molecule has 2 atom stereocenters. The first-order chi connectivity index (χ1) is 11.0. The molecule has 2 unspecified atom stereocenters. The Morgan fingerprint density at radius 2 is 1.96 bits per heavy atom. The average molecular weight is 334 g/mol. The molecule has 7 heteroatoms. The van der Waals surface area contributed by atoms with Crippen LogP contribution in [0.1, 0.15) is 53.9 Å². The van der Waals surface area contributed by atoms with Crippen LogP contribution in [0.4, 0.5) is 4.79 Å². The summed E-state index contributed by atoms with van der Waals surface area (Å²) in [4.78, 5) is 37.0. The minimum Gasteiger partial charge on any atom is -0.324 e. The molecule has 2 N–H and O–H groups in total. The van der Waals surface area contributed by atoms with Gasteiger partial charge in [-0.3, -0.25) is 14.5 Å². The zero-order valence-corrected chi connectivity index (χ0v) is 15.0. The van der Waals surface area contributed by atoms with Gasteiger partial charge >= 0.3 is 6.03 Å². The van der Waals surface area contributed by atoms with E-state index >= 15 is 0 Å². The molecule has 3 aliphatic rings. The molecule has 2 bridgehead atoms. The van der Waals surface area contributed by atoms with Crippen LogP contribution in [0, 0.1) is 16.7 Å².